The fraction of sp³-hybridized carbons (Fsp3) is 0. The number of fused-ring (bicyclic) bond motifs is 5. The molecule has 0 aliphatic rings. The maximum atomic E-state index is 2.39. The lowest BCUT2D eigenvalue weighted by molar-refractivity contribution is 1.28. The minimum absolute atomic E-state index is 1.12. The van der Waals surface area contributed by atoms with Crippen LogP contribution < -0.4 is 4.90 Å². The van der Waals surface area contributed by atoms with Gasteiger partial charge in [-0.05, 0) is 92.7 Å². The summed E-state index contributed by atoms with van der Waals surface area (Å²) in [5, 5.41) is 5.29. The second-order valence-electron chi connectivity index (χ2n) is 12.1. The Hall–Kier alpha value is -5.96. The predicted octanol–water partition coefficient (Wildman–Crippen LogP) is 13.7. The number of hydrogen-bond acceptors (Lipinski definition) is 2. The van der Waals surface area contributed by atoms with Crippen LogP contribution in [-0.2, 0) is 0 Å². The first-order valence-corrected chi connectivity index (χ1v) is 17.2. The topological polar surface area (TPSA) is 3.24 Å². The van der Waals surface area contributed by atoms with Crippen molar-refractivity contribution in [3.8, 4) is 33.4 Å². The molecule has 8 aromatic carbocycles. The third-order valence-electron chi connectivity index (χ3n) is 9.29. The Bertz CT molecular complexity index is 2510. The molecule has 1 nitrogen and oxygen atoms in total. The zero-order chi connectivity index (χ0) is 31.9. The maximum absolute atomic E-state index is 2.39. The van der Waals surface area contributed by atoms with Crippen molar-refractivity contribution in [2.45, 2.75) is 0 Å². The monoisotopic (exact) mass is 629 g/mol. The molecule has 0 spiro atoms. The Morgan fingerprint density at radius 1 is 0.312 bits per heavy atom. The number of benzene rings is 8. The Balaban J connectivity index is 1.08. The Morgan fingerprint density at radius 3 is 1.38 bits per heavy atom. The van der Waals surface area contributed by atoms with Crippen LogP contribution in [-0.4, -0.2) is 0 Å². The molecule has 9 rings (SSSR count). The highest BCUT2D eigenvalue weighted by atomic mass is 32.1. The van der Waals surface area contributed by atoms with E-state index in [1.165, 1.54) is 64.3 Å². The van der Waals surface area contributed by atoms with Crippen molar-refractivity contribution in [1.29, 1.82) is 0 Å². The zero-order valence-corrected chi connectivity index (χ0v) is 27.1. The third kappa shape index (κ3) is 5.04. The number of para-hydroxylation sites is 1. The Morgan fingerprint density at radius 2 is 0.750 bits per heavy atom. The van der Waals surface area contributed by atoms with Gasteiger partial charge in [0.25, 0.3) is 0 Å². The molecule has 0 amide bonds. The fourth-order valence-corrected chi connectivity index (χ4v) is 8.09. The molecular weight excluding hydrogens is 599 g/mol. The molecule has 0 fully saturated rings. The van der Waals surface area contributed by atoms with Gasteiger partial charge in [0.15, 0.2) is 0 Å². The lowest BCUT2D eigenvalue weighted by atomic mass is 9.95. The Kier molecular flexibility index (Phi) is 7.07. The van der Waals surface area contributed by atoms with E-state index in [1.807, 2.05) is 11.3 Å². The van der Waals surface area contributed by atoms with E-state index in [9.17, 15) is 0 Å². The van der Waals surface area contributed by atoms with Crippen molar-refractivity contribution in [1.82, 2.24) is 0 Å². The van der Waals surface area contributed by atoms with Gasteiger partial charge in [-0.15, -0.1) is 11.3 Å². The highest BCUT2D eigenvalue weighted by molar-refractivity contribution is 7.26. The predicted molar refractivity (Wildman–Crippen MR) is 208 cm³/mol. The van der Waals surface area contributed by atoms with E-state index < -0.39 is 0 Å². The number of hydrogen-bond donors (Lipinski definition) is 0. The molecule has 9 aromatic rings. The van der Waals surface area contributed by atoms with Crippen LogP contribution in [0.15, 0.2) is 188 Å². The number of anilines is 3. The summed E-state index contributed by atoms with van der Waals surface area (Å²) in [5.74, 6) is 0. The third-order valence-corrected chi connectivity index (χ3v) is 10.4. The lowest BCUT2D eigenvalue weighted by Crippen LogP contribution is -2.09. The molecule has 0 saturated heterocycles. The number of nitrogens with zero attached hydrogens (tertiary/aromatic N) is 1. The summed E-state index contributed by atoms with van der Waals surface area (Å²) in [7, 11) is 0. The van der Waals surface area contributed by atoms with E-state index in [-0.39, 0.29) is 0 Å². The van der Waals surface area contributed by atoms with Gasteiger partial charge >= 0.3 is 0 Å². The average Bonchev–Trinajstić information content (AvgIpc) is 3.55. The van der Waals surface area contributed by atoms with Gasteiger partial charge < -0.3 is 4.90 Å². The van der Waals surface area contributed by atoms with Crippen molar-refractivity contribution in [2.75, 3.05) is 4.90 Å². The van der Waals surface area contributed by atoms with E-state index >= 15 is 0 Å². The first-order chi connectivity index (χ1) is 23.8. The van der Waals surface area contributed by atoms with Crippen LogP contribution in [0.4, 0.5) is 17.1 Å². The van der Waals surface area contributed by atoms with Gasteiger partial charge in [-0.3, -0.25) is 0 Å². The van der Waals surface area contributed by atoms with Gasteiger partial charge in [0.2, 0.25) is 0 Å². The summed E-state index contributed by atoms with van der Waals surface area (Å²) in [6, 6.07) is 67.9. The van der Waals surface area contributed by atoms with Crippen LogP contribution in [0.2, 0.25) is 0 Å². The zero-order valence-electron chi connectivity index (χ0n) is 26.3. The van der Waals surface area contributed by atoms with Crippen LogP contribution in [0, 0.1) is 0 Å². The van der Waals surface area contributed by atoms with Crippen molar-refractivity contribution in [3.63, 3.8) is 0 Å². The molecule has 1 heterocycles. The van der Waals surface area contributed by atoms with Crippen LogP contribution in [0.3, 0.4) is 0 Å². The molecule has 0 unspecified atom stereocenters. The normalized spacial score (nSPS) is 11.3. The largest absolute Gasteiger partial charge is 0.311 e. The molecular formula is C46H31NS. The van der Waals surface area contributed by atoms with Gasteiger partial charge in [0, 0.05) is 37.2 Å². The summed E-state index contributed by atoms with van der Waals surface area (Å²) < 4.78 is 2.66. The second-order valence-corrected chi connectivity index (χ2v) is 13.2. The van der Waals surface area contributed by atoms with E-state index in [0.717, 1.165) is 17.1 Å². The first kappa shape index (κ1) is 28.3. The molecule has 0 radical (unpaired) electrons. The van der Waals surface area contributed by atoms with Crippen molar-refractivity contribution in [3.05, 3.63) is 188 Å². The maximum Gasteiger partial charge on any atom is 0.0462 e. The second kappa shape index (κ2) is 12.0. The summed E-state index contributed by atoms with van der Waals surface area (Å²) >= 11 is 1.88. The molecule has 226 valence electrons. The van der Waals surface area contributed by atoms with Gasteiger partial charge in [-0.1, -0.05) is 140 Å². The molecule has 0 aliphatic carbocycles. The van der Waals surface area contributed by atoms with E-state index in [2.05, 4.69) is 193 Å². The molecule has 0 bridgehead atoms. The van der Waals surface area contributed by atoms with Crippen molar-refractivity contribution >= 4 is 59.3 Å². The Labute approximate surface area is 284 Å². The smallest absolute Gasteiger partial charge is 0.0462 e. The van der Waals surface area contributed by atoms with Crippen LogP contribution >= 0.6 is 11.3 Å². The molecule has 0 saturated carbocycles. The summed E-state index contributed by atoms with van der Waals surface area (Å²) in [6.45, 7) is 0. The lowest BCUT2D eigenvalue weighted by Gasteiger charge is -2.26. The van der Waals surface area contributed by atoms with Gasteiger partial charge in [-0.25, -0.2) is 0 Å². The van der Waals surface area contributed by atoms with Gasteiger partial charge in [0.1, 0.15) is 0 Å². The fourth-order valence-electron chi connectivity index (χ4n) is 6.93. The van der Waals surface area contributed by atoms with Crippen LogP contribution in [0.1, 0.15) is 0 Å². The van der Waals surface area contributed by atoms with E-state index in [4.69, 9.17) is 0 Å². The van der Waals surface area contributed by atoms with Crippen molar-refractivity contribution < 1.29 is 0 Å². The van der Waals surface area contributed by atoms with Crippen LogP contribution in [0.5, 0.6) is 0 Å². The standard InChI is InChI=1S/C46H31NS/c1-3-11-32(12-4-1)33-19-21-34(22-20-33)35-23-27-38(28-24-35)47(37-13-5-2-6-14-37)39-29-25-36(26-30-39)43-31-45-46(41-16-8-7-15-40(41)43)42-17-9-10-18-44(42)48-45/h1-31H. The molecule has 2 heteroatoms. The van der Waals surface area contributed by atoms with Gasteiger partial charge in [0.05, 0.1) is 0 Å². The minimum Gasteiger partial charge on any atom is -0.311 e. The minimum atomic E-state index is 1.12. The average molecular weight is 630 g/mol. The molecule has 0 aliphatic heterocycles. The quantitative estimate of drug-likeness (QED) is 0.177. The van der Waals surface area contributed by atoms with Gasteiger partial charge in [-0.2, -0.15) is 0 Å². The SMILES string of the molecule is c1ccc(-c2ccc(-c3ccc(N(c4ccccc4)c4ccc(-c5cc6sc7ccccc7c6c6ccccc56)cc4)cc3)cc2)cc1. The highest BCUT2D eigenvalue weighted by Crippen LogP contribution is 2.43. The molecule has 0 N–H and O–H groups in total. The number of rotatable bonds is 6. The summed E-state index contributed by atoms with van der Waals surface area (Å²) in [6.07, 6.45) is 0. The van der Waals surface area contributed by atoms with E-state index in [0.29, 0.717) is 0 Å². The summed E-state index contributed by atoms with van der Waals surface area (Å²) in [4.78, 5) is 2.33. The van der Waals surface area contributed by atoms with Crippen LogP contribution in [0.25, 0.3) is 64.3 Å². The summed E-state index contributed by atoms with van der Waals surface area (Å²) in [5.41, 5.74) is 10.7. The van der Waals surface area contributed by atoms with E-state index in [1.54, 1.807) is 0 Å². The molecule has 0 atom stereocenters. The highest BCUT2D eigenvalue weighted by Gasteiger charge is 2.16. The molecule has 1 aromatic heterocycles. The first-order valence-electron chi connectivity index (χ1n) is 16.3. The molecule has 48 heavy (non-hydrogen) atoms. The number of thiophene rings is 1. The van der Waals surface area contributed by atoms with Crippen molar-refractivity contribution in [2.24, 2.45) is 0 Å².